The van der Waals surface area contributed by atoms with Crippen molar-refractivity contribution in [2.75, 3.05) is 31.0 Å². The minimum atomic E-state index is -0.621. The van der Waals surface area contributed by atoms with Gasteiger partial charge in [-0.1, -0.05) is 18.2 Å². The lowest BCUT2D eigenvalue weighted by molar-refractivity contribution is 0.101. The van der Waals surface area contributed by atoms with Crippen molar-refractivity contribution in [2.24, 2.45) is 0 Å². The number of aromatic nitrogens is 1. The summed E-state index contributed by atoms with van der Waals surface area (Å²) in [7, 11) is 1.56. The van der Waals surface area contributed by atoms with Gasteiger partial charge in [0.1, 0.15) is 18.1 Å². The maximum absolute atomic E-state index is 13.9. The maximum atomic E-state index is 13.9. The summed E-state index contributed by atoms with van der Waals surface area (Å²) in [5.74, 6) is -1.36. The number of pyridine rings is 1. The average Bonchev–Trinajstić information content (AvgIpc) is 2.76. The van der Waals surface area contributed by atoms with Gasteiger partial charge in [0.25, 0.3) is 11.8 Å². The molecule has 31 heavy (non-hydrogen) atoms. The monoisotopic (exact) mass is 423 g/mol. The Morgan fingerprint density at radius 2 is 1.74 bits per heavy atom. The van der Waals surface area contributed by atoms with Crippen LogP contribution >= 0.6 is 0 Å². The molecular weight excluding hydrogens is 401 g/mol. The number of aryl methyl sites for hydroxylation is 1. The SMILES string of the molecule is COCCOc1ncccc1NC(=O)c1ccc(C)c(NC(=O)c2ccccc2F)c1. The molecule has 0 spiro atoms. The van der Waals surface area contributed by atoms with Gasteiger partial charge in [0.15, 0.2) is 0 Å². The van der Waals surface area contributed by atoms with E-state index in [-0.39, 0.29) is 18.1 Å². The van der Waals surface area contributed by atoms with Crippen molar-refractivity contribution in [2.45, 2.75) is 6.92 Å². The Kier molecular flexibility index (Phi) is 7.29. The van der Waals surface area contributed by atoms with E-state index in [9.17, 15) is 14.0 Å². The van der Waals surface area contributed by atoms with E-state index < -0.39 is 17.6 Å². The Balaban J connectivity index is 1.76. The quantitative estimate of drug-likeness (QED) is 0.534. The van der Waals surface area contributed by atoms with Crippen LogP contribution in [-0.2, 0) is 4.74 Å². The van der Waals surface area contributed by atoms with Gasteiger partial charge in [-0.15, -0.1) is 0 Å². The first-order valence-electron chi connectivity index (χ1n) is 9.54. The summed E-state index contributed by atoms with van der Waals surface area (Å²) in [5, 5.41) is 5.42. The third kappa shape index (κ3) is 5.64. The highest BCUT2D eigenvalue weighted by Gasteiger charge is 2.15. The second-order valence-electron chi connectivity index (χ2n) is 6.62. The fourth-order valence-electron chi connectivity index (χ4n) is 2.75. The second kappa shape index (κ2) is 10.3. The molecule has 0 radical (unpaired) electrons. The Labute approximate surface area is 179 Å². The number of carbonyl (C=O) groups excluding carboxylic acids is 2. The van der Waals surface area contributed by atoms with Gasteiger partial charge in [-0.3, -0.25) is 9.59 Å². The van der Waals surface area contributed by atoms with Gasteiger partial charge in [0.2, 0.25) is 5.88 Å². The first-order valence-corrected chi connectivity index (χ1v) is 9.54. The summed E-state index contributed by atoms with van der Waals surface area (Å²) in [6.07, 6.45) is 1.56. The number of hydrogen-bond donors (Lipinski definition) is 2. The molecule has 0 saturated carbocycles. The molecule has 8 heteroatoms. The molecule has 3 aromatic rings. The normalized spacial score (nSPS) is 10.4. The van der Waals surface area contributed by atoms with E-state index in [1.165, 1.54) is 24.3 Å². The van der Waals surface area contributed by atoms with E-state index in [1.807, 2.05) is 0 Å². The van der Waals surface area contributed by atoms with Crippen LogP contribution in [0.2, 0.25) is 0 Å². The fourth-order valence-corrected chi connectivity index (χ4v) is 2.75. The van der Waals surface area contributed by atoms with Crippen molar-refractivity contribution >= 4 is 23.2 Å². The topological polar surface area (TPSA) is 89.6 Å². The molecule has 3 rings (SSSR count). The molecule has 2 N–H and O–H groups in total. The summed E-state index contributed by atoms with van der Waals surface area (Å²) < 4.78 is 24.4. The predicted molar refractivity (Wildman–Crippen MR) is 115 cm³/mol. The van der Waals surface area contributed by atoms with Crippen LogP contribution in [0.25, 0.3) is 0 Å². The van der Waals surface area contributed by atoms with Crippen molar-refractivity contribution in [3.63, 3.8) is 0 Å². The first kappa shape index (κ1) is 21.9. The minimum absolute atomic E-state index is 0.0787. The molecule has 2 aromatic carbocycles. The van der Waals surface area contributed by atoms with Crippen molar-refractivity contribution in [3.05, 3.63) is 83.3 Å². The minimum Gasteiger partial charge on any atom is -0.474 e. The zero-order valence-electron chi connectivity index (χ0n) is 17.1. The van der Waals surface area contributed by atoms with Crippen LogP contribution in [0.5, 0.6) is 5.88 Å². The molecule has 1 aromatic heterocycles. The van der Waals surface area contributed by atoms with Crippen LogP contribution < -0.4 is 15.4 Å². The van der Waals surface area contributed by atoms with Crippen molar-refractivity contribution in [1.29, 1.82) is 0 Å². The number of nitrogens with zero attached hydrogens (tertiary/aromatic N) is 1. The van der Waals surface area contributed by atoms with Crippen LogP contribution in [0.1, 0.15) is 26.3 Å². The molecule has 160 valence electrons. The molecule has 1 heterocycles. The van der Waals surface area contributed by atoms with Gasteiger partial charge in [-0.2, -0.15) is 0 Å². The van der Waals surface area contributed by atoms with E-state index in [4.69, 9.17) is 9.47 Å². The number of rotatable bonds is 8. The number of halogens is 1. The van der Waals surface area contributed by atoms with Gasteiger partial charge in [-0.05, 0) is 48.9 Å². The number of benzene rings is 2. The number of nitrogens with one attached hydrogen (secondary N) is 2. The van der Waals surface area contributed by atoms with Crippen LogP contribution in [0.15, 0.2) is 60.8 Å². The molecule has 0 aliphatic heterocycles. The van der Waals surface area contributed by atoms with E-state index >= 15 is 0 Å². The lowest BCUT2D eigenvalue weighted by Gasteiger charge is -2.13. The number of hydrogen-bond acceptors (Lipinski definition) is 5. The van der Waals surface area contributed by atoms with Gasteiger partial charge >= 0.3 is 0 Å². The maximum Gasteiger partial charge on any atom is 0.258 e. The summed E-state index contributed by atoms with van der Waals surface area (Å²) >= 11 is 0. The van der Waals surface area contributed by atoms with Crippen molar-refractivity contribution < 1.29 is 23.5 Å². The Morgan fingerprint density at radius 1 is 0.968 bits per heavy atom. The molecule has 0 atom stereocenters. The van der Waals surface area contributed by atoms with Crippen LogP contribution in [0.4, 0.5) is 15.8 Å². The van der Waals surface area contributed by atoms with Crippen molar-refractivity contribution in [3.8, 4) is 5.88 Å². The molecule has 0 aliphatic rings. The molecule has 0 aliphatic carbocycles. The fraction of sp³-hybridized carbons (Fsp3) is 0.174. The summed E-state index contributed by atoms with van der Waals surface area (Å²) in [4.78, 5) is 29.3. The van der Waals surface area contributed by atoms with E-state index in [2.05, 4.69) is 15.6 Å². The van der Waals surface area contributed by atoms with Gasteiger partial charge < -0.3 is 20.1 Å². The first-order chi connectivity index (χ1) is 15.0. The standard InChI is InChI=1S/C23H22FN3O4/c1-15-9-10-16(14-20(15)27-22(29)17-6-3-4-7-18(17)24)21(28)26-19-8-5-11-25-23(19)31-13-12-30-2/h3-11,14H,12-13H2,1-2H3,(H,26,28)(H,27,29). The highest BCUT2D eigenvalue weighted by atomic mass is 19.1. The smallest absolute Gasteiger partial charge is 0.258 e. The summed E-state index contributed by atoms with van der Waals surface area (Å²) in [6.45, 7) is 2.45. The van der Waals surface area contributed by atoms with E-state index in [0.717, 1.165) is 5.56 Å². The van der Waals surface area contributed by atoms with E-state index in [1.54, 1.807) is 50.6 Å². The largest absolute Gasteiger partial charge is 0.474 e. The van der Waals surface area contributed by atoms with Gasteiger partial charge in [0.05, 0.1) is 12.2 Å². The third-order valence-electron chi connectivity index (χ3n) is 4.41. The predicted octanol–water partition coefficient (Wildman–Crippen LogP) is 4.06. The second-order valence-corrected chi connectivity index (χ2v) is 6.62. The number of carbonyl (C=O) groups is 2. The highest BCUT2D eigenvalue weighted by molar-refractivity contribution is 6.08. The lowest BCUT2D eigenvalue weighted by atomic mass is 10.1. The van der Waals surface area contributed by atoms with Crippen LogP contribution in [0.3, 0.4) is 0 Å². The number of anilines is 2. The van der Waals surface area contributed by atoms with E-state index in [0.29, 0.717) is 23.5 Å². The molecule has 0 saturated heterocycles. The number of amides is 2. The number of methoxy groups -OCH3 is 1. The van der Waals surface area contributed by atoms with Crippen LogP contribution in [0, 0.1) is 12.7 Å². The third-order valence-corrected chi connectivity index (χ3v) is 4.41. The van der Waals surface area contributed by atoms with Crippen molar-refractivity contribution in [1.82, 2.24) is 4.98 Å². The molecule has 0 bridgehead atoms. The molecule has 2 amide bonds. The zero-order valence-corrected chi connectivity index (χ0v) is 17.1. The summed E-state index contributed by atoms with van der Waals surface area (Å²) in [5.41, 5.74) is 1.77. The van der Waals surface area contributed by atoms with Gasteiger partial charge in [-0.25, -0.2) is 9.37 Å². The Morgan fingerprint density at radius 3 is 2.52 bits per heavy atom. The average molecular weight is 423 g/mol. The Hall–Kier alpha value is -3.78. The molecule has 0 fully saturated rings. The molecular formula is C23H22FN3O4. The Bertz CT molecular complexity index is 1090. The highest BCUT2D eigenvalue weighted by Crippen LogP contribution is 2.23. The lowest BCUT2D eigenvalue weighted by Crippen LogP contribution is -2.17. The van der Waals surface area contributed by atoms with Gasteiger partial charge in [0, 0.05) is 24.6 Å². The summed E-state index contributed by atoms with van der Waals surface area (Å²) in [6, 6.07) is 13.9. The molecule has 7 nitrogen and oxygen atoms in total. The zero-order chi connectivity index (χ0) is 22.2. The van der Waals surface area contributed by atoms with Crippen LogP contribution in [-0.4, -0.2) is 37.1 Å². The molecule has 0 unspecified atom stereocenters. The number of ether oxygens (including phenoxy) is 2.